The van der Waals surface area contributed by atoms with Gasteiger partial charge in [-0.05, 0) is 36.8 Å². The van der Waals surface area contributed by atoms with Gasteiger partial charge < -0.3 is 10.5 Å². The average molecular weight is 234 g/mol. The van der Waals surface area contributed by atoms with Crippen LogP contribution in [0.1, 0.15) is 5.56 Å². The molecule has 0 radical (unpaired) electrons. The van der Waals surface area contributed by atoms with Crippen molar-refractivity contribution in [3.8, 4) is 11.5 Å². The molecule has 0 spiro atoms. The predicted octanol–water partition coefficient (Wildman–Crippen LogP) is 4.02. The summed E-state index contributed by atoms with van der Waals surface area (Å²) in [6.07, 6.45) is 0. The van der Waals surface area contributed by atoms with Crippen LogP contribution in [-0.4, -0.2) is 0 Å². The molecule has 0 heterocycles. The number of para-hydroxylation sites is 1. The van der Waals surface area contributed by atoms with E-state index < -0.39 is 0 Å². The van der Waals surface area contributed by atoms with E-state index in [2.05, 4.69) is 0 Å². The summed E-state index contributed by atoms with van der Waals surface area (Å²) in [7, 11) is 0. The van der Waals surface area contributed by atoms with Crippen molar-refractivity contribution < 1.29 is 4.74 Å². The topological polar surface area (TPSA) is 35.2 Å². The minimum atomic E-state index is 0.509. The van der Waals surface area contributed by atoms with E-state index >= 15 is 0 Å². The molecule has 2 aromatic carbocycles. The minimum absolute atomic E-state index is 0.509. The largest absolute Gasteiger partial charge is 0.454 e. The van der Waals surface area contributed by atoms with Gasteiger partial charge in [0.2, 0.25) is 0 Å². The molecule has 2 nitrogen and oxygen atoms in total. The molecule has 82 valence electrons. The van der Waals surface area contributed by atoms with E-state index in [-0.39, 0.29) is 0 Å². The second-order valence-electron chi connectivity index (χ2n) is 3.58. The van der Waals surface area contributed by atoms with E-state index in [1.165, 1.54) is 0 Å². The first kappa shape index (κ1) is 10.8. The van der Waals surface area contributed by atoms with E-state index in [0.717, 1.165) is 11.3 Å². The lowest BCUT2D eigenvalue weighted by atomic mass is 10.2. The summed E-state index contributed by atoms with van der Waals surface area (Å²) >= 11 is 6.01. The number of rotatable bonds is 2. The number of halogens is 1. The lowest BCUT2D eigenvalue weighted by Crippen LogP contribution is -1.92. The Labute approximate surface area is 99.6 Å². The lowest BCUT2D eigenvalue weighted by Gasteiger charge is -2.10. The highest BCUT2D eigenvalue weighted by Gasteiger charge is 2.06. The molecular weight excluding hydrogens is 222 g/mol. The number of hydrogen-bond donors (Lipinski definition) is 1. The molecule has 0 aliphatic carbocycles. The summed E-state index contributed by atoms with van der Waals surface area (Å²) in [5.41, 5.74) is 7.46. The van der Waals surface area contributed by atoms with Crippen molar-refractivity contribution in [1.82, 2.24) is 0 Å². The minimum Gasteiger partial charge on any atom is -0.454 e. The van der Waals surface area contributed by atoms with Gasteiger partial charge in [-0.2, -0.15) is 0 Å². The van der Waals surface area contributed by atoms with Crippen LogP contribution in [0.4, 0.5) is 5.69 Å². The summed E-state index contributed by atoms with van der Waals surface area (Å²) in [6.45, 7) is 2.00. The normalized spacial score (nSPS) is 10.1. The van der Waals surface area contributed by atoms with Crippen LogP contribution < -0.4 is 10.5 Å². The molecule has 0 bridgehead atoms. The predicted molar refractivity (Wildman–Crippen MR) is 67.1 cm³/mol. The van der Waals surface area contributed by atoms with Gasteiger partial charge in [0, 0.05) is 0 Å². The van der Waals surface area contributed by atoms with Crippen LogP contribution in [-0.2, 0) is 0 Å². The van der Waals surface area contributed by atoms with Crippen molar-refractivity contribution >= 4 is 17.3 Å². The molecule has 0 saturated heterocycles. The summed E-state index contributed by atoms with van der Waals surface area (Å²) in [5.74, 6) is 1.24. The highest BCUT2D eigenvalue weighted by Crippen LogP contribution is 2.34. The maximum Gasteiger partial charge on any atom is 0.168 e. The second-order valence-corrected chi connectivity index (χ2v) is 3.98. The molecule has 0 saturated carbocycles. The first-order valence-electron chi connectivity index (χ1n) is 4.95. The number of hydrogen-bond acceptors (Lipinski definition) is 2. The molecule has 3 heteroatoms. The summed E-state index contributed by atoms with van der Waals surface area (Å²) < 4.78 is 5.66. The summed E-state index contributed by atoms with van der Waals surface area (Å²) in [5, 5.41) is 0.515. The Hall–Kier alpha value is -1.67. The van der Waals surface area contributed by atoms with Crippen molar-refractivity contribution in [2.45, 2.75) is 6.92 Å². The first-order valence-corrected chi connectivity index (χ1v) is 5.33. The summed E-state index contributed by atoms with van der Waals surface area (Å²) in [4.78, 5) is 0. The van der Waals surface area contributed by atoms with Gasteiger partial charge in [0.1, 0.15) is 5.75 Å². The Balaban J connectivity index is 2.34. The smallest absolute Gasteiger partial charge is 0.168 e. The lowest BCUT2D eigenvalue weighted by molar-refractivity contribution is 0.485. The molecular formula is C13H12ClNO. The highest BCUT2D eigenvalue weighted by molar-refractivity contribution is 6.32. The molecule has 0 aliphatic rings. The van der Waals surface area contributed by atoms with E-state index in [1.54, 1.807) is 18.2 Å². The Kier molecular flexibility index (Phi) is 3.02. The van der Waals surface area contributed by atoms with Gasteiger partial charge in [-0.3, -0.25) is 0 Å². The second kappa shape index (κ2) is 4.45. The van der Waals surface area contributed by atoms with E-state index in [4.69, 9.17) is 22.1 Å². The molecule has 2 aromatic rings. The van der Waals surface area contributed by atoms with Crippen LogP contribution in [0.25, 0.3) is 0 Å². The van der Waals surface area contributed by atoms with Crippen molar-refractivity contribution in [2.24, 2.45) is 0 Å². The summed E-state index contributed by atoms with van der Waals surface area (Å²) in [6, 6.07) is 13.0. The first-order chi connectivity index (χ1) is 7.66. The molecule has 0 aliphatic heterocycles. The fraction of sp³-hybridized carbons (Fsp3) is 0.0769. The van der Waals surface area contributed by atoms with Gasteiger partial charge >= 0.3 is 0 Å². The number of ether oxygens (including phenoxy) is 1. The molecule has 16 heavy (non-hydrogen) atoms. The molecule has 0 atom stereocenters. The van der Waals surface area contributed by atoms with Gasteiger partial charge in [0.05, 0.1) is 10.7 Å². The third-order valence-corrected chi connectivity index (χ3v) is 2.50. The average Bonchev–Trinajstić information content (AvgIpc) is 2.24. The molecule has 0 aromatic heterocycles. The number of nitrogens with two attached hydrogens (primary N) is 1. The molecule has 2 N–H and O–H groups in total. The zero-order chi connectivity index (χ0) is 11.5. The zero-order valence-corrected chi connectivity index (χ0v) is 9.66. The highest BCUT2D eigenvalue weighted by atomic mass is 35.5. The Morgan fingerprint density at radius 2 is 1.88 bits per heavy atom. The van der Waals surface area contributed by atoms with Crippen molar-refractivity contribution in [1.29, 1.82) is 0 Å². The number of anilines is 1. The van der Waals surface area contributed by atoms with Gasteiger partial charge in [-0.15, -0.1) is 0 Å². The quantitative estimate of drug-likeness (QED) is 0.795. The molecule has 0 fully saturated rings. The van der Waals surface area contributed by atoms with Crippen LogP contribution in [0.2, 0.25) is 5.02 Å². The third kappa shape index (κ3) is 2.28. The molecule has 0 unspecified atom stereocenters. The van der Waals surface area contributed by atoms with Crippen molar-refractivity contribution in [3.63, 3.8) is 0 Å². The maximum atomic E-state index is 6.01. The Bertz CT molecular complexity index is 491. The fourth-order valence-electron chi connectivity index (χ4n) is 1.43. The van der Waals surface area contributed by atoms with Crippen LogP contribution in [0, 0.1) is 6.92 Å². The monoisotopic (exact) mass is 233 g/mol. The number of benzene rings is 2. The van der Waals surface area contributed by atoms with Crippen molar-refractivity contribution in [3.05, 3.63) is 53.1 Å². The number of nitrogen functional groups attached to an aromatic ring is 1. The van der Waals surface area contributed by atoms with Gasteiger partial charge in [0.15, 0.2) is 5.75 Å². The van der Waals surface area contributed by atoms with E-state index in [0.29, 0.717) is 16.5 Å². The third-order valence-electron chi connectivity index (χ3n) is 2.21. The molecule has 0 amide bonds. The SMILES string of the molecule is Cc1cccc(Oc2c(N)cccc2Cl)c1. The zero-order valence-electron chi connectivity index (χ0n) is 8.91. The fourth-order valence-corrected chi connectivity index (χ4v) is 1.65. The van der Waals surface area contributed by atoms with Gasteiger partial charge in [0.25, 0.3) is 0 Å². The van der Waals surface area contributed by atoms with E-state index in [1.807, 2.05) is 31.2 Å². The van der Waals surface area contributed by atoms with Crippen LogP contribution >= 0.6 is 11.6 Å². The molecule has 2 rings (SSSR count). The van der Waals surface area contributed by atoms with Crippen LogP contribution in [0.3, 0.4) is 0 Å². The van der Waals surface area contributed by atoms with Gasteiger partial charge in [-0.25, -0.2) is 0 Å². The maximum absolute atomic E-state index is 6.01. The van der Waals surface area contributed by atoms with Crippen LogP contribution in [0.15, 0.2) is 42.5 Å². The number of aryl methyl sites for hydroxylation is 1. The Morgan fingerprint density at radius 3 is 2.56 bits per heavy atom. The Morgan fingerprint density at radius 1 is 1.12 bits per heavy atom. The van der Waals surface area contributed by atoms with Gasteiger partial charge in [-0.1, -0.05) is 29.8 Å². The standard InChI is InChI=1S/C13H12ClNO/c1-9-4-2-5-10(8-9)16-13-11(14)6-3-7-12(13)15/h2-8H,15H2,1H3. The van der Waals surface area contributed by atoms with E-state index in [9.17, 15) is 0 Å². The van der Waals surface area contributed by atoms with Crippen molar-refractivity contribution in [2.75, 3.05) is 5.73 Å². The van der Waals surface area contributed by atoms with Crippen LogP contribution in [0.5, 0.6) is 11.5 Å².